The standard InChI is InChI=1S/C17H28N2O2Si/c1-16(2,3)15(21-22(4)5)12-6-7-13(19-11-12)17(8-9-17)10-14(18)20/h6-7,11,15,22H,8-10H2,1-5H3,(H2,18,20). The lowest BCUT2D eigenvalue weighted by Crippen LogP contribution is -2.26. The molecule has 1 heterocycles. The Labute approximate surface area is 135 Å². The Hall–Kier alpha value is -1.20. The summed E-state index contributed by atoms with van der Waals surface area (Å²) in [5.41, 5.74) is 7.40. The minimum Gasteiger partial charge on any atom is -0.413 e. The Kier molecular flexibility index (Phi) is 4.78. The molecule has 4 nitrogen and oxygen atoms in total. The Morgan fingerprint density at radius 1 is 1.41 bits per heavy atom. The van der Waals surface area contributed by atoms with Gasteiger partial charge in [0.1, 0.15) is 0 Å². The zero-order valence-corrected chi connectivity index (χ0v) is 15.5. The van der Waals surface area contributed by atoms with Crippen molar-refractivity contribution in [3.05, 3.63) is 29.6 Å². The van der Waals surface area contributed by atoms with Crippen LogP contribution in [0.2, 0.25) is 13.1 Å². The number of carbonyl (C=O) groups excluding carboxylic acids is 1. The van der Waals surface area contributed by atoms with Crippen molar-refractivity contribution >= 4 is 14.9 Å². The fourth-order valence-corrected chi connectivity index (χ4v) is 4.05. The molecule has 5 heteroatoms. The molecule has 0 aliphatic heterocycles. The Morgan fingerprint density at radius 3 is 2.41 bits per heavy atom. The molecule has 1 aliphatic carbocycles. The summed E-state index contributed by atoms with van der Waals surface area (Å²) >= 11 is 0. The van der Waals surface area contributed by atoms with Gasteiger partial charge in [-0.1, -0.05) is 26.8 Å². The molecular formula is C17H28N2O2Si. The van der Waals surface area contributed by atoms with Crippen LogP contribution in [0.15, 0.2) is 18.3 Å². The molecule has 0 saturated heterocycles. The highest BCUT2D eigenvalue weighted by Crippen LogP contribution is 2.50. The van der Waals surface area contributed by atoms with Crippen LogP contribution in [0, 0.1) is 5.41 Å². The quantitative estimate of drug-likeness (QED) is 0.819. The molecule has 1 unspecified atom stereocenters. The van der Waals surface area contributed by atoms with Gasteiger partial charge in [0.25, 0.3) is 0 Å². The first-order valence-electron chi connectivity index (χ1n) is 8.04. The van der Waals surface area contributed by atoms with Crippen molar-refractivity contribution < 1.29 is 9.22 Å². The molecule has 1 saturated carbocycles. The molecule has 2 rings (SSSR count). The highest BCUT2D eigenvalue weighted by molar-refractivity contribution is 6.48. The van der Waals surface area contributed by atoms with Crippen molar-refractivity contribution in [2.75, 3.05) is 0 Å². The predicted molar refractivity (Wildman–Crippen MR) is 91.1 cm³/mol. The molecule has 22 heavy (non-hydrogen) atoms. The lowest BCUT2D eigenvalue weighted by atomic mass is 9.85. The van der Waals surface area contributed by atoms with Gasteiger partial charge in [-0.15, -0.1) is 0 Å². The molecule has 0 bridgehead atoms. The highest BCUT2D eigenvalue weighted by Gasteiger charge is 2.46. The summed E-state index contributed by atoms with van der Waals surface area (Å²) in [5, 5.41) is 0. The van der Waals surface area contributed by atoms with Crippen molar-refractivity contribution in [1.82, 2.24) is 4.98 Å². The molecule has 1 aromatic heterocycles. The third-order valence-electron chi connectivity index (χ3n) is 4.19. The van der Waals surface area contributed by atoms with E-state index in [1.54, 1.807) is 0 Å². The topological polar surface area (TPSA) is 65.2 Å². The van der Waals surface area contributed by atoms with E-state index >= 15 is 0 Å². The van der Waals surface area contributed by atoms with Crippen molar-refractivity contribution in [3.63, 3.8) is 0 Å². The molecule has 1 aromatic rings. The van der Waals surface area contributed by atoms with Crippen molar-refractivity contribution in [2.24, 2.45) is 11.1 Å². The smallest absolute Gasteiger partial charge is 0.218 e. The number of rotatable bonds is 6. The number of hydrogen-bond acceptors (Lipinski definition) is 3. The Balaban J connectivity index is 2.22. The zero-order chi connectivity index (χ0) is 16.5. The number of hydrogen-bond donors (Lipinski definition) is 1. The van der Waals surface area contributed by atoms with Gasteiger partial charge < -0.3 is 10.2 Å². The Bertz CT molecular complexity index is 531. The molecule has 1 atom stereocenters. The van der Waals surface area contributed by atoms with E-state index < -0.39 is 9.04 Å². The van der Waals surface area contributed by atoms with Gasteiger partial charge in [-0.2, -0.15) is 0 Å². The van der Waals surface area contributed by atoms with Crippen LogP contribution < -0.4 is 5.73 Å². The van der Waals surface area contributed by atoms with E-state index in [2.05, 4.69) is 51.0 Å². The summed E-state index contributed by atoms with van der Waals surface area (Å²) in [7, 11) is -1.14. The summed E-state index contributed by atoms with van der Waals surface area (Å²) < 4.78 is 6.23. The molecule has 1 fully saturated rings. The number of carbonyl (C=O) groups is 1. The maximum Gasteiger partial charge on any atom is 0.218 e. The summed E-state index contributed by atoms with van der Waals surface area (Å²) in [6, 6.07) is 4.16. The molecule has 1 aliphatic rings. The summed E-state index contributed by atoms with van der Waals surface area (Å²) in [4.78, 5) is 15.9. The first-order chi connectivity index (χ1) is 10.1. The Morgan fingerprint density at radius 2 is 2.05 bits per heavy atom. The minimum absolute atomic E-state index is 0.0327. The minimum atomic E-state index is -1.14. The molecule has 0 aromatic carbocycles. The van der Waals surface area contributed by atoms with Crippen molar-refractivity contribution in [2.45, 2.75) is 64.6 Å². The van der Waals surface area contributed by atoms with Crippen LogP contribution in [-0.4, -0.2) is 19.9 Å². The normalized spacial score (nSPS) is 18.3. The number of nitrogens with zero attached hydrogens (tertiary/aromatic N) is 1. The van der Waals surface area contributed by atoms with E-state index in [0.29, 0.717) is 6.42 Å². The summed E-state index contributed by atoms with van der Waals surface area (Å²) in [6.45, 7) is 11.0. The van der Waals surface area contributed by atoms with E-state index in [1.165, 1.54) is 0 Å². The number of nitrogens with two attached hydrogens (primary N) is 1. The highest BCUT2D eigenvalue weighted by atomic mass is 28.3. The maximum absolute atomic E-state index is 11.2. The average Bonchev–Trinajstić information content (AvgIpc) is 3.15. The maximum atomic E-state index is 11.2. The lowest BCUT2D eigenvalue weighted by molar-refractivity contribution is -0.118. The lowest BCUT2D eigenvalue weighted by Gasteiger charge is -2.33. The van der Waals surface area contributed by atoms with E-state index in [-0.39, 0.29) is 22.8 Å². The van der Waals surface area contributed by atoms with Gasteiger partial charge in [0, 0.05) is 23.7 Å². The van der Waals surface area contributed by atoms with E-state index in [1.807, 2.05) is 6.20 Å². The first kappa shape index (κ1) is 17.2. The third kappa shape index (κ3) is 3.96. The van der Waals surface area contributed by atoms with Crippen LogP contribution in [0.25, 0.3) is 0 Å². The molecule has 2 N–H and O–H groups in total. The van der Waals surface area contributed by atoms with Gasteiger partial charge in [-0.05, 0) is 43.0 Å². The zero-order valence-electron chi connectivity index (χ0n) is 14.3. The number of pyridine rings is 1. The SMILES string of the molecule is C[SiH](C)OC(c1ccc(C2(CC(N)=O)CC2)nc1)C(C)(C)C. The fraction of sp³-hybridized carbons (Fsp3) is 0.647. The van der Waals surface area contributed by atoms with Gasteiger partial charge in [0.15, 0.2) is 9.04 Å². The second-order valence-electron chi connectivity index (χ2n) is 7.83. The predicted octanol–water partition coefficient (Wildman–Crippen LogP) is 3.08. The van der Waals surface area contributed by atoms with Gasteiger partial charge in [-0.3, -0.25) is 9.78 Å². The molecule has 0 radical (unpaired) electrons. The van der Waals surface area contributed by atoms with Crippen molar-refractivity contribution in [3.8, 4) is 0 Å². The fourth-order valence-electron chi connectivity index (χ4n) is 2.94. The monoisotopic (exact) mass is 320 g/mol. The van der Waals surface area contributed by atoms with Crippen LogP contribution in [0.1, 0.15) is 57.4 Å². The van der Waals surface area contributed by atoms with Gasteiger partial charge in [0.2, 0.25) is 5.91 Å². The van der Waals surface area contributed by atoms with Gasteiger partial charge in [-0.25, -0.2) is 0 Å². The number of primary amides is 1. The summed E-state index contributed by atoms with van der Waals surface area (Å²) in [5.74, 6) is -0.245. The largest absolute Gasteiger partial charge is 0.413 e. The van der Waals surface area contributed by atoms with Crippen LogP contribution in [-0.2, 0) is 14.6 Å². The summed E-state index contributed by atoms with van der Waals surface area (Å²) in [6.07, 6.45) is 4.38. The first-order valence-corrected chi connectivity index (χ1v) is 10.8. The molecule has 122 valence electrons. The van der Waals surface area contributed by atoms with Crippen LogP contribution >= 0.6 is 0 Å². The average molecular weight is 321 g/mol. The number of amides is 1. The van der Waals surface area contributed by atoms with Crippen LogP contribution in [0.5, 0.6) is 0 Å². The second-order valence-corrected chi connectivity index (χ2v) is 10.2. The molecule has 1 amide bonds. The second kappa shape index (κ2) is 6.12. The van der Waals surface area contributed by atoms with Crippen molar-refractivity contribution in [1.29, 1.82) is 0 Å². The third-order valence-corrected chi connectivity index (χ3v) is 5.01. The molecular weight excluding hydrogens is 292 g/mol. The van der Waals surface area contributed by atoms with E-state index in [9.17, 15) is 4.79 Å². The van der Waals surface area contributed by atoms with E-state index in [4.69, 9.17) is 10.2 Å². The van der Waals surface area contributed by atoms with Gasteiger partial charge >= 0.3 is 0 Å². The van der Waals surface area contributed by atoms with Crippen LogP contribution in [0.4, 0.5) is 0 Å². The van der Waals surface area contributed by atoms with Crippen LogP contribution in [0.3, 0.4) is 0 Å². The van der Waals surface area contributed by atoms with E-state index in [0.717, 1.165) is 24.1 Å². The van der Waals surface area contributed by atoms with Gasteiger partial charge in [0.05, 0.1) is 6.10 Å². The number of aromatic nitrogens is 1. The molecule has 0 spiro atoms.